The van der Waals surface area contributed by atoms with Gasteiger partial charge in [0.05, 0.1) is 6.42 Å². The van der Waals surface area contributed by atoms with E-state index in [9.17, 15) is 22.8 Å². The van der Waals surface area contributed by atoms with Gasteiger partial charge < -0.3 is 15.7 Å². The zero-order valence-corrected chi connectivity index (χ0v) is 10.5. The molecule has 0 bridgehead atoms. The largest absolute Gasteiger partial charge is 0.480 e. The van der Waals surface area contributed by atoms with Gasteiger partial charge in [-0.25, -0.2) is 9.59 Å². The van der Waals surface area contributed by atoms with Crippen molar-refractivity contribution < 1.29 is 27.9 Å². The summed E-state index contributed by atoms with van der Waals surface area (Å²) in [6, 6.07) is -1.98. The average Bonchev–Trinajstić information content (AvgIpc) is 2.63. The molecule has 3 N–H and O–H groups in total. The average molecular weight is 282 g/mol. The summed E-state index contributed by atoms with van der Waals surface area (Å²) in [5.74, 6) is -1.15. The molecule has 0 aliphatic heterocycles. The number of carbonyl (C=O) groups excluding carboxylic acids is 1. The Balaban J connectivity index is 2.52. The van der Waals surface area contributed by atoms with E-state index in [0.29, 0.717) is 25.7 Å². The fourth-order valence-electron chi connectivity index (χ4n) is 2.25. The maximum atomic E-state index is 12.1. The van der Waals surface area contributed by atoms with Crippen LogP contribution < -0.4 is 10.6 Å². The van der Waals surface area contributed by atoms with Gasteiger partial charge in [0.2, 0.25) is 0 Å². The molecule has 0 aromatic carbocycles. The second kappa shape index (κ2) is 5.66. The number of hydrogen-bond donors (Lipinski definition) is 3. The highest BCUT2D eigenvalue weighted by molar-refractivity contribution is 5.86. The molecule has 0 spiro atoms. The minimum Gasteiger partial charge on any atom is -0.480 e. The number of amides is 2. The van der Waals surface area contributed by atoms with Crippen LogP contribution in [0.2, 0.25) is 0 Å². The third-order valence-electron chi connectivity index (χ3n) is 3.13. The van der Waals surface area contributed by atoms with Gasteiger partial charge in [0, 0.05) is 6.04 Å². The van der Waals surface area contributed by atoms with Crippen molar-refractivity contribution in [3.63, 3.8) is 0 Å². The number of carbonyl (C=O) groups is 2. The van der Waals surface area contributed by atoms with E-state index in [1.807, 2.05) is 0 Å². The van der Waals surface area contributed by atoms with Gasteiger partial charge in [0.15, 0.2) is 0 Å². The van der Waals surface area contributed by atoms with E-state index in [2.05, 4.69) is 10.6 Å². The summed E-state index contributed by atoms with van der Waals surface area (Å²) < 4.78 is 36.3. The van der Waals surface area contributed by atoms with Gasteiger partial charge in [0.25, 0.3) is 0 Å². The van der Waals surface area contributed by atoms with Crippen LogP contribution in [0.1, 0.15) is 39.0 Å². The predicted octanol–water partition coefficient (Wildman–Crippen LogP) is 2.02. The first-order valence-corrected chi connectivity index (χ1v) is 6.03. The smallest absolute Gasteiger partial charge is 0.391 e. The minimum absolute atomic E-state index is 0.295. The molecule has 0 heterocycles. The molecule has 0 radical (unpaired) electrons. The number of nitrogens with one attached hydrogen (secondary N) is 2. The molecule has 0 saturated heterocycles. The predicted molar refractivity (Wildman–Crippen MR) is 60.6 cm³/mol. The van der Waals surface area contributed by atoms with E-state index in [-0.39, 0.29) is 0 Å². The van der Waals surface area contributed by atoms with Crippen LogP contribution in [0.5, 0.6) is 0 Å². The first-order valence-electron chi connectivity index (χ1n) is 6.03. The van der Waals surface area contributed by atoms with Crippen LogP contribution in [-0.2, 0) is 4.79 Å². The highest BCUT2D eigenvalue weighted by Gasteiger charge is 2.43. The fraction of sp³-hybridized carbons (Fsp3) is 0.818. The molecule has 2 amide bonds. The second-order valence-electron chi connectivity index (χ2n) is 4.91. The summed E-state index contributed by atoms with van der Waals surface area (Å²) in [5.41, 5.74) is -1.35. The number of alkyl halides is 3. The van der Waals surface area contributed by atoms with Crippen LogP contribution >= 0.6 is 0 Å². The summed E-state index contributed by atoms with van der Waals surface area (Å²) in [4.78, 5) is 22.7. The molecule has 8 heteroatoms. The van der Waals surface area contributed by atoms with Crippen LogP contribution in [0.4, 0.5) is 18.0 Å². The lowest BCUT2D eigenvalue weighted by molar-refractivity contribution is -0.144. The van der Waals surface area contributed by atoms with Gasteiger partial charge >= 0.3 is 18.2 Å². The number of halogens is 3. The Kier molecular flexibility index (Phi) is 4.65. The molecule has 1 saturated carbocycles. The number of hydrogen-bond acceptors (Lipinski definition) is 2. The maximum Gasteiger partial charge on any atom is 0.391 e. The van der Waals surface area contributed by atoms with Gasteiger partial charge in [-0.05, 0) is 19.8 Å². The lowest BCUT2D eigenvalue weighted by Gasteiger charge is -2.26. The number of carboxylic acids is 1. The number of urea groups is 1. The van der Waals surface area contributed by atoms with E-state index < -0.39 is 36.2 Å². The number of carboxylic acid groups (broad SMARTS) is 1. The van der Waals surface area contributed by atoms with Gasteiger partial charge in [-0.3, -0.25) is 0 Å². The van der Waals surface area contributed by atoms with Gasteiger partial charge in [-0.1, -0.05) is 12.8 Å². The van der Waals surface area contributed by atoms with Crippen molar-refractivity contribution in [1.82, 2.24) is 10.6 Å². The van der Waals surface area contributed by atoms with E-state index >= 15 is 0 Å². The van der Waals surface area contributed by atoms with Crippen molar-refractivity contribution in [2.75, 3.05) is 0 Å². The van der Waals surface area contributed by atoms with Gasteiger partial charge in [-0.15, -0.1) is 0 Å². The quantitative estimate of drug-likeness (QED) is 0.738. The summed E-state index contributed by atoms with van der Waals surface area (Å²) in [6.45, 7) is 1.22. The molecule has 1 unspecified atom stereocenters. The molecule has 1 aliphatic carbocycles. The van der Waals surface area contributed by atoms with Crippen molar-refractivity contribution in [3.05, 3.63) is 0 Å². The standard InChI is InChI=1S/C11H17F3N2O3/c1-7(6-11(12,13)14)15-9(19)16-10(8(17)18)4-2-3-5-10/h7H,2-6H2,1H3,(H,17,18)(H2,15,16,19). The monoisotopic (exact) mass is 282 g/mol. The maximum absolute atomic E-state index is 12.1. The van der Waals surface area contributed by atoms with Crippen LogP contribution in [0.15, 0.2) is 0 Å². The summed E-state index contributed by atoms with van der Waals surface area (Å²) in [7, 11) is 0. The molecule has 5 nitrogen and oxygen atoms in total. The summed E-state index contributed by atoms with van der Waals surface area (Å²) in [5, 5.41) is 13.5. The molecule has 1 aliphatic rings. The molecule has 1 atom stereocenters. The SMILES string of the molecule is CC(CC(F)(F)F)NC(=O)NC1(C(=O)O)CCCC1. The van der Waals surface area contributed by atoms with Crippen LogP contribution in [-0.4, -0.2) is 34.9 Å². The van der Waals surface area contributed by atoms with Crippen LogP contribution in [0.25, 0.3) is 0 Å². The van der Waals surface area contributed by atoms with Crippen LogP contribution in [0.3, 0.4) is 0 Å². The number of aliphatic carboxylic acids is 1. The second-order valence-corrected chi connectivity index (χ2v) is 4.91. The highest BCUT2D eigenvalue weighted by atomic mass is 19.4. The summed E-state index contributed by atoms with van der Waals surface area (Å²) in [6.07, 6.45) is -3.59. The third kappa shape index (κ3) is 4.60. The zero-order chi connectivity index (χ0) is 14.7. The third-order valence-corrected chi connectivity index (χ3v) is 3.13. The van der Waals surface area contributed by atoms with E-state index in [1.165, 1.54) is 6.92 Å². The molecular formula is C11H17F3N2O3. The van der Waals surface area contributed by atoms with Crippen molar-refractivity contribution >= 4 is 12.0 Å². The van der Waals surface area contributed by atoms with Gasteiger partial charge in [0.1, 0.15) is 5.54 Å². The van der Waals surface area contributed by atoms with Gasteiger partial charge in [-0.2, -0.15) is 13.2 Å². The molecule has 1 rings (SSSR count). The van der Waals surface area contributed by atoms with Crippen molar-refractivity contribution in [1.29, 1.82) is 0 Å². The molecule has 0 aromatic rings. The Labute approximate surface area is 108 Å². The molecule has 19 heavy (non-hydrogen) atoms. The Hall–Kier alpha value is -1.47. The van der Waals surface area contributed by atoms with Crippen LogP contribution in [0, 0.1) is 0 Å². The Morgan fingerprint density at radius 3 is 2.26 bits per heavy atom. The Morgan fingerprint density at radius 1 is 1.32 bits per heavy atom. The fourth-order valence-corrected chi connectivity index (χ4v) is 2.25. The zero-order valence-electron chi connectivity index (χ0n) is 10.5. The van der Waals surface area contributed by atoms with Crippen molar-refractivity contribution in [3.8, 4) is 0 Å². The van der Waals surface area contributed by atoms with Crippen molar-refractivity contribution in [2.45, 2.75) is 56.8 Å². The highest BCUT2D eigenvalue weighted by Crippen LogP contribution is 2.30. The first-order chi connectivity index (χ1) is 8.65. The Bertz CT molecular complexity index is 352. The number of rotatable bonds is 4. The molecule has 1 fully saturated rings. The Morgan fingerprint density at radius 2 is 1.84 bits per heavy atom. The van der Waals surface area contributed by atoms with E-state index in [1.54, 1.807) is 0 Å². The topological polar surface area (TPSA) is 78.4 Å². The summed E-state index contributed by atoms with van der Waals surface area (Å²) >= 11 is 0. The normalized spacial score (nSPS) is 19.8. The van der Waals surface area contributed by atoms with Crippen molar-refractivity contribution in [2.24, 2.45) is 0 Å². The lowest BCUT2D eigenvalue weighted by Crippen LogP contribution is -2.56. The molecule has 0 aromatic heterocycles. The van der Waals surface area contributed by atoms with E-state index in [0.717, 1.165) is 0 Å². The molecular weight excluding hydrogens is 265 g/mol. The first kappa shape index (κ1) is 15.6. The molecule has 110 valence electrons. The van der Waals surface area contributed by atoms with E-state index in [4.69, 9.17) is 5.11 Å². The lowest BCUT2D eigenvalue weighted by atomic mass is 9.98. The minimum atomic E-state index is -4.37.